The molecule has 0 aromatic heterocycles. The standard InChI is InChI=1S/C14H21N3O3/c1-10(9-15)6-7-13(18)16-11-4-3-5-12(8-11)17-14(19)20-2/h3-5,8,10H,6-7,9,15H2,1-2H3,(H,16,18)(H,17,19). The van der Waals surface area contributed by atoms with E-state index in [2.05, 4.69) is 15.4 Å². The summed E-state index contributed by atoms with van der Waals surface area (Å²) in [6.07, 6.45) is 0.625. The molecule has 2 amide bonds. The molecule has 1 aromatic rings. The number of amides is 2. The molecule has 0 saturated carbocycles. The number of ether oxygens (including phenoxy) is 1. The van der Waals surface area contributed by atoms with E-state index < -0.39 is 6.09 Å². The summed E-state index contributed by atoms with van der Waals surface area (Å²) in [5.41, 5.74) is 6.70. The van der Waals surface area contributed by atoms with Crippen molar-refractivity contribution in [1.82, 2.24) is 0 Å². The third-order valence-electron chi connectivity index (χ3n) is 2.84. The fraction of sp³-hybridized carbons (Fsp3) is 0.429. The van der Waals surface area contributed by atoms with Crippen LogP contribution in [0.4, 0.5) is 16.2 Å². The molecule has 0 bridgehead atoms. The van der Waals surface area contributed by atoms with Gasteiger partial charge in [-0.25, -0.2) is 4.79 Å². The average molecular weight is 279 g/mol. The highest BCUT2D eigenvalue weighted by molar-refractivity contribution is 5.92. The third kappa shape index (κ3) is 5.71. The predicted molar refractivity (Wildman–Crippen MR) is 78.6 cm³/mol. The molecule has 0 heterocycles. The molecule has 0 spiro atoms. The summed E-state index contributed by atoms with van der Waals surface area (Å²) in [7, 11) is 1.29. The largest absolute Gasteiger partial charge is 0.453 e. The van der Waals surface area contributed by atoms with E-state index in [-0.39, 0.29) is 5.91 Å². The van der Waals surface area contributed by atoms with Gasteiger partial charge in [-0.05, 0) is 37.1 Å². The monoisotopic (exact) mass is 279 g/mol. The Kier molecular flexibility index (Phi) is 6.52. The summed E-state index contributed by atoms with van der Waals surface area (Å²) < 4.78 is 4.50. The van der Waals surface area contributed by atoms with E-state index in [1.54, 1.807) is 24.3 Å². The van der Waals surface area contributed by atoms with Crippen LogP contribution >= 0.6 is 0 Å². The van der Waals surface area contributed by atoms with Crippen LogP contribution < -0.4 is 16.4 Å². The fourth-order valence-electron chi connectivity index (χ4n) is 1.56. The van der Waals surface area contributed by atoms with Crippen LogP contribution in [0.3, 0.4) is 0 Å². The normalized spacial score (nSPS) is 11.6. The lowest BCUT2D eigenvalue weighted by Crippen LogP contribution is -2.16. The zero-order chi connectivity index (χ0) is 15.0. The molecule has 6 heteroatoms. The molecule has 0 fully saturated rings. The zero-order valence-corrected chi connectivity index (χ0v) is 11.8. The van der Waals surface area contributed by atoms with Gasteiger partial charge >= 0.3 is 6.09 Å². The maximum absolute atomic E-state index is 11.8. The Balaban J connectivity index is 2.53. The molecule has 110 valence electrons. The van der Waals surface area contributed by atoms with E-state index >= 15 is 0 Å². The van der Waals surface area contributed by atoms with Crippen molar-refractivity contribution < 1.29 is 14.3 Å². The minimum Gasteiger partial charge on any atom is -0.453 e. The molecule has 1 unspecified atom stereocenters. The van der Waals surface area contributed by atoms with Crippen molar-refractivity contribution in [2.45, 2.75) is 19.8 Å². The SMILES string of the molecule is COC(=O)Nc1cccc(NC(=O)CCC(C)CN)c1. The number of methoxy groups -OCH3 is 1. The highest BCUT2D eigenvalue weighted by Crippen LogP contribution is 2.16. The molecule has 0 aliphatic carbocycles. The highest BCUT2D eigenvalue weighted by atomic mass is 16.5. The van der Waals surface area contributed by atoms with Crippen LogP contribution in [-0.2, 0) is 9.53 Å². The first-order chi connectivity index (χ1) is 9.55. The van der Waals surface area contributed by atoms with Gasteiger partial charge in [0.1, 0.15) is 0 Å². The molecule has 0 saturated heterocycles. The maximum atomic E-state index is 11.8. The number of carbonyl (C=O) groups is 2. The second kappa shape index (κ2) is 8.16. The van der Waals surface area contributed by atoms with E-state index in [4.69, 9.17) is 5.73 Å². The van der Waals surface area contributed by atoms with Crippen LogP contribution in [0.5, 0.6) is 0 Å². The smallest absolute Gasteiger partial charge is 0.411 e. The topological polar surface area (TPSA) is 93.5 Å². The summed E-state index contributed by atoms with van der Waals surface area (Å²) in [4.78, 5) is 22.9. The van der Waals surface area contributed by atoms with Gasteiger partial charge in [-0.3, -0.25) is 10.1 Å². The first-order valence-corrected chi connectivity index (χ1v) is 6.50. The first kappa shape index (κ1) is 16.0. The number of hydrogen-bond acceptors (Lipinski definition) is 4. The summed E-state index contributed by atoms with van der Waals surface area (Å²) in [5, 5.41) is 5.32. The minimum absolute atomic E-state index is 0.0690. The quantitative estimate of drug-likeness (QED) is 0.744. The number of benzene rings is 1. The molecule has 0 aliphatic rings. The fourth-order valence-corrected chi connectivity index (χ4v) is 1.56. The minimum atomic E-state index is -0.551. The van der Waals surface area contributed by atoms with E-state index in [1.807, 2.05) is 6.92 Å². The van der Waals surface area contributed by atoms with Crippen molar-refractivity contribution in [3.05, 3.63) is 24.3 Å². The Bertz CT molecular complexity index is 463. The number of anilines is 2. The van der Waals surface area contributed by atoms with E-state index in [0.717, 1.165) is 6.42 Å². The van der Waals surface area contributed by atoms with E-state index in [9.17, 15) is 9.59 Å². The van der Waals surface area contributed by atoms with Crippen LogP contribution in [0.1, 0.15) is 19.8 Å². The number of rotatable bonds is 6. The second-order valence-electron chi connectivity index (χ2n) is 4.63. The first-order valence-electron chi connectivity index (χ1n) is 6.50. The maximum Gasteiger partial charge on any atom is 0.411 e. The van der Waals surface area contributed by atoms with Crippen molar-refractivity contribution in [1.29, 1.82) is 0 Å². The number of carbonyl (C=O) groups excluding carboxylic acids is 2. The highest BCUT2D eigenvalue weighted by Gasteiger charge is 2.07. The van der Waals surface area contributed by atoms with Crippen molar-refractivity contribution in [3.8, 4) is 0 Å². The van der Waals surface area contributed by atoms with Crippen LogP contribution in [0.15, 0.2) is 24.3 Å². The van der Waals surface area contributed by atoms with Gasteiger partial charge in [0, 0.05) is 17.8 Å². The Morgan fingerprint density at radius 1 is 1.30 bits per heavy atom. The number of nitrogens with two attached hydrogens (primary N) is 1. The molecule has 20 heavy (non-hydrogen) atoms. The predicted octanol–water partition coefficient (Wildman–Crippen LogP) is 2.18. The third-order valence-corrected chi connectivity index (χ3v) is 2.84. The lowest BCUT2D eigenvalue weighted by atomic mass is 10.1. The number of nitrogens with one attached hydrogen (secondary N) is 2. The van der Waals surface area contributed by atoms with Gasteiger partial charge in [0.25, 0.3) is 0 Å². The van der Waals surface area contributed by atoms with Gasteiger partial charge in [0.05, 0.1) is 7.11 Å². The van der Waals surface area contributed by atoms with Crippen LogP contribution in [0.25, 0.3) is 0 Å². The van der Waals surface area contributed by atoms with Gasteiger partial charge in [-0.2, -0.15) is 0 Å². The molecule has 6 nitrogen and oxygen atoms in total. The average Bonchev–Trinajstić information content (AvgIpc) is 2.44. The van der Waals surface area contributed by atoms with Crippen molar-refractivity contribution >= 4 is 23.4 Å². The van der Waals surface area contributed by atoms with Gasteiger partial charge in [-0.15, -0.1) is 0 Å². The van der Waals surface area contributed by atoms with Crippen molar-refractivity contribution in [2.24, 2.45) is 11.7 Å². The Labute approximate surface area is 118 Å². The Morgan fingerprint density at radius 3 is 2.55 bits per heavy atom. The second-order valence-corrected chi connectivity index (χ2v) is 4.63. The lowest BCUT2D eigenvalue weighted by Gasteiger charge is -2.10. The van der Waals surface area contributed by atoms with Crippen LogP contribution in [0.2, 0.25) is 0 Å². The van der Waals surface area contributed by atoms with Crippen molar-refractivity contribution in [2.75, 3.05) is 24.3 Å². The van der Waals surface area contributed by atoms with Gasteiger partial charge in [-0.1, -0.05) is 13.0 Å². The molecule has 4 N–H and O–H groups in total. The molecule has 0 aliphatic heterocycles. The molecule has 1 atom stereocenters. The van der Waals surface area contributed by atoms with Crippen LogP contribution in [-0.4, -0.2) is 25.7 Å². The summed E-state index contributed by atoms with van der Waals surface area (Å²) in [5.74, 6) is 0.258. The lowest BCUT2D eigenvalue weighted by molar-refractivity contribution is -0.116. The summed E-state index contributed by atoms with van der Waals surface area (Å²) in [6, 6.07) is 6.88. The van der Waals surface area contributed by atoms with Gasteiger partial charge in [0.2, 0.25) is 5.91 Å². The van der Waals surface area contributed by atoms with E-state index in [0.29, 0.717) is 30.3 Å². The Hall–Kier alpha value is -2.08. The molecular weight excluding hydrogens is 258 g/mol. The number of hydrogen-bond donors (Lipinski definition) is 3. The van der Waals surface area contributed by atoms with Crippen LogP contribution in [0, 0.1) is 5.92 Å². The van der Waals surface area contributed by atoms with Gasteiger partial charge < -0.3 is 15.8 Å². The Morgan fingerprint density at radius 2 is 1.95 bits per heavy atom. The molecule has 0 radical (unpaired) electrons. The molecule has 1 aromatic carbocycles. The van der Waals surface area contributed by atoms with Gasteiger partial charge in [0.15, 0.2) is 0 Å². The molecular formula is C14H21N3O3. The summed E-state index contributed by atoms with van der Waals surface area (Å²) in [6.45, 7) is 2.58. The van der Waals surface area contributed by atoms with Crippen molar-refractivity contribution in [3.63, 3.8) is 0 Å². The summed E-state index contributed by atoms with van der Waals surface area (Å²) >= 11 is 0. The zero-order valence-electron chi connectivity index (χ0n) is 11.8. The molecule has 1 rings (SSSR count). The van der Waals surface area contributed by atoms with E-state index in [1.165, 1.54) is 7.11 Å².